The van der Waals surface area contributed by atoms with E-state index in [0.29, 0.717) is 13.2 Å². The fourth-order valence-corrected chi connectivity index (χ4v) is 2.13. The van der Waals surface area contributed by atoms with Crippen LogP contribution in [-0.4, -0.2) is 26.4 Å². The molecule has 0 radical (unpaired) electrons. The lowest BCUT2D eigenvalue weighted by Gasteiger charge is -2.11. The Hall–Kier alpha value is -0.580. The SMILES string of the molecule is CCCCOCCOc1ccc(Br)c(CNCCC)c1. The molecule has 1 aromatic carbocycles. The predicted molar refractivity (Wildman–Crippen MR) is 87.4 cm³/mol. The first-order valence-corrected chi connectivity index (χ1v) is 8.27. The second-order valence-electron chi connectivity index (χ2n) is 4.74. The first-order valence-electron chi connectivity index (χ1n) is 7.47. The summed E-state index contributed by atoms with van der Waals surface area (Å²) in [6, 6.07) is 6.11. The molecule has 1 aromatic rings. The Labute approximate surface area is 131 Å². The number of hydrogen-bond acceptors (Lipinski definition) is 3. The van der Waals surface area contributed by atoms with Crippen molar-refractivity contribution in [1.82, 2.24) is 5.32 Å². The zero-order chi connectivity index (χ0) is 14.6. The molecule has 0 saturated heterocycles. The van der Waals surface area contributed by atoms with Crippen LogP contribution in [0.1, 0.15) is 38.7 Å². The molecule has 0 aliphatic carbocycles. The van der Waals surface area contributed by atoms with Gasteiger partial charge in [0.15, 0.2) is 0 Å². The Morgan fingerprint density at radius 3 is 2.70 bits per heavy atom. The van der Waals surface area contributed by atoms with E-state index in [2.05, 4.69) is 41.2 Å². The molecule has 4 heteroatoms. The topological polar surface area (TPSA) is 30.5 Å². The Bertz CT molecular complexity index is 371. The third-order valence-corrected chi connectivity index (χ3v) is 3.67. The average Bonchev–Trinajstić information content (AvgIpc) is 2.46. The van der Waals surface area contributed by atoms with E-state index in [1.54, 1.807) is 0 Å². The molecular weight excluding hydrogens is 318 g/mol. The summed E-state index contributed by atoms with van der Waals surface area (Å²) >= 11 is 3.57. The van der Waals surface area contributed by atoms with Crippen molar-refractivity contribution in [3.05, 3.63) is 28.2 Å². The van der Waals surface area contributed by atoms with E-state index in [1.807, 2.05) is 12.1 Å². The fraction of sp³-hybridized carbons (Fsp3) is 0.625. The Balaban J connectivity index is 2.32. The fourth-order valence-electron chi connectivity index (χ4n) is 1.74. The van der Waals surface area contributed by atoms with Crippen molar-refractivity contribution >= 4 is 15.9 Å². The quantitative estimate of drug-likeness (QED) is 0.612. The summed E-state index contributed by atoms with van der Waals surface area (Å²) in [5.41, 5.74) is 1.22. The van der Waals surface area contributed by atoms with Crippen LogP contribution in [0.5, 0.6) is 5.75 Å². The molecule has 0 fully saturated rings. The van der Waals surface area contributed by atoms with Crippen molar-refractivity contribution in [3.63, 3.8) is 0 Å². The largest absolute Gasteiger partial charge is 0.491 e. The highest BCUT2D eigenvalue weighted by atomic mass is 79.9. The number of halogens is 1. The monoisotopic (exact) mass is 343 g/mol. The van der Waals surface area contributed by atoms with Gasteiger partial charge in [-0.15, -0.1) is 0 Å². The van der Waals surface area contributed by atoms with Gasteiger partial charge in [0.25, 0.3) is 0 Å². The van der Waals surface area contributed by atoms with Crippen molar-refractivity contribution in [2.24, 2.45) is 0 Å². The molecule has 1 rings (SSSR count). The van der Waals surface area contributed by atoms with Crippen LogP contribution in [0.3, 0.4) is 0 Å². The van der Waals surface area contributed by atoms with E-state index in [0.717, 1.165) is 42.8 Å². The minimum atomic E-state index is 0.604. The van der Waals surface area contributed by atoms with Crippen molar-refractivity contribution in [2.75, 3.05) is 26.4 Å². The normalized spacial score (nSPS) is 10.8. The molecule has 0 heterocycles. The summed E-state index contributed by atoms with van der Waals surface area (Å²) in [4.78, 5) is 0. The number of rotatable bonds is 11. The van der Waals surface area contributed by atoms with E-state index in [9.17, 15) is 0 Å². The summed E-state index contributed by atoms with van der Waals surface area (Å²) in [7, 11) is 0. The van der Waals surface area contributed by atoms with Gasteiger partial charge in [-0.1, -0.05) is 36.2 Å². The summed E-state index contributed by atoms with van der Waals surface area (Å²) in [6.45, 7) is 8.30. The van der Waals surface area contributed by atoms with Gasteiger partial charge in [0.1, 0.15) is 12.4 Å². The third-order valence-electron chi connectivity index (χ3n) is 2.90. The van der Waals surface area contributed by atoms with Gasteiger partial charge >= 0.3 is 0 Å². The Kier molecular flexibility index (Phi) is 9.71. The summed E-state index contributed by atoms with van der Waals surface area (Å²) in [5.74, 6) is 0.903. The van der Waals surface area contributed by atoms with Crippen LogP contribution in [0.15, 0.2) is 22.7 Å². The highest BCUT2D eigenvalue weighted by Gasteiger charge is 2.02. The lowest BCUT2D eigenvalue weighted by Crippen LogP contribution is -2.14. The summed E-state index contributed by atoms with van der Waals surface area (Å²) in [6.07, 6.45) is 3.43. The van der Waals surface area contributed by atoms with E-state index in [1.165, 1.54) is 12.0 Å². The van der Waals surface area contributed by atoms with E-state index in [-0.39, 0.29) is 0 Å². The minimum absolute atomic E-state index is 0.604. The maximum Gasteiger partial charge on any atom is 0.119 e. The van der Waals surface area contributed by atoms with E-state index >= 15 is 0 Å². The standard InChI is InChI=1S/C16H26BrNO2/c1-3-5-9-19-10-11-20-15-6-7-16(17)14(12-15)13-18-8-4-2/h6-7,12,18H,3-5,8-11,13H2,1-2H3. The molecule has 0 aliphatic rings. The van der Waals surface area contributed by atoms with Crippen LogP contribution >= 0.6 is 15.9 Å². The maximum absolute atomic E-state index is 5.71. The van der Waals surface area contributed by atoms with Gasteiger partial charge in [0, 0.05) is 17.6 Å². The van der Waals surface area contributed by atoms with Crippen LogP contribution < -0.4 is 10.1 Å². The van der Waals surface area contributed by atoms with Crippen LogP contribution in [0.25, 0.3) is 0 Å². The van der Waals surface area contributed by atoms with Gasteiger partial charge in [-0.3, -0.25) is 0 Å². The molecule has 0 aromatic heterocycles. The molecule has 0 bridgehead atoms. The third kappa shape index (κ3) is 7.27. The van der Waals surface area contributed by atoms with Crippen LogP contribution in [0.4, 0.5) is 0 Å². The van der Waals surface area contributed by atoms with Gasteiger partial charge in [0.05, 0.1) is 6.61 Å². The van der Waals surface area contributed by atoms with Crippen LogP contribution in [0.2, 0.25) is 0 Å². The van der Waals surface area contributed by atoms with Gasteiger partial charge in [-0.2, -0.15) is 0 Å². The molecule has 1 N–H and O–H groups in total. The Morgan fingerprint density at radius 1 is 1.10 bits per heavy atom. The van der Waals surface area contributed by atoms with Crippen LogP contribution in [0, 0.1) is 0 Å². The molecule has 0 atom stereocenters. The van der Waals surface area contributed by atoms with E-state index in [4.69, 9.17) is 9.47 Å². The lowest BCUT2D eigenvalue weighted by atomic mass is 10.2. The molecule has 20 heavy (non-hydrogen) atoms. The number of ether oxygens (including phenoxy) is 2. The van der Waals surface area contributed by atoms with Crippen LogP contribution in [-0.2, 0) is 11.3 Å². The molecule has 3 nitrogen and oxygen atoms in total. The molecule has 0 saturated carbocycles. The molecule has 114 valence electrons. The molecular formula is C16H26BrNO2. The van der Waals surface area contributed by atoms with Crippen molar-refractivity contribution < 1.29 is 9.47 Å². The zero-order valence-corrected chi connectivity index (χ0v) is 14.2. The second-order valence-corrected chi connectivity index (χ2v) is 5.60. The first-order chi connectivity index (χ1) is 9.77. The molecule has 0 unspecified atom stereocenters. The average molecular weight is 344 g/mol. The first kappa shape index (κ1) is 17.5. The van der Waals surface area contributed by atoms with Crippen molar-refractivity contribution in [2.45, 2.75) is 39.7 Å². The van der Waals surface area contributed by atoms with Gasteiger partial charge in [0.2, 0.25) is 0 Å². The van der Waals surface area contributed by atoms with Crippen molar-refractivity contribution in [1.29, 1.82) is 0 Å². The van der Waals surface area contributed by atoms with E-state index < -0.39 is 0 Å². The predicted octanol–water partition coefficient (Wildman–Crippen LogP) is 4.14. The maximum atomic E-state index is 5.71. The smallest absolute Gasteiger partial charge is 0.119 e. The number of nitrogens with one attached hydrogen (secondary N) is 1. The molecule has 0 spiro atoms. The summed E-state index contributed by atoms with van der Waals surface area (Å²) in [5, 5.41) is 3.40. The Morgan fingerprint density at radius 2 is 1.95 bits per heavy atom. The van der Waals surface area contributed by atoms with Gasteiger partial charge < -0.3 is 14.8 Å². The zero-order valence-electron chi connectivity index (χ0n) is 12.6. The molecule has 0 aliphatic heterocycles. The number of benzene rings is 1. The van der Waals surface area contributed by atoms with Gasteiger partial charge in [-0.05, 0) is 43.1 Å². The van der Waals surface area contributed by atoms with Gasteiger partial charge in [-0.25, -0.2) is 0 Å². The highest BCUT2D eigenvalue weighted by molar-refractivity contribution is 9.10. The number of hydrogen-bond donors (Lipinski definition) is 1. The van der Waals surface area contributed by atoms with Crippen molar-refractivity contribution in [3.8, 4) is 5.75 Å². The lowest BCUT2D eigenvalue weighted by molar-refractivity contribution is 0.0980. The highest BCUT2D eigenvalue weighted by Crippen LogP contribution is 2.22. The summed E-state index contributed by atoms with van der Waals surface area (Å²) < 4.78 is 12.3. The molecule has 0 amide bonds. The number of unbranched alkanes of at least 4 members (excludes halogenated alkanes) is 1. The minimum Gasteiger partial charge on any atom is -0.491 e. The second kappa shape index (κ2) is 11.1.